The molecule has 3 heterocycles. The number of carbonyl (C=O) groups is 2. The summed E-state index contributed by atoms with van der Waals surface area (Å²) in [7, 11) is 0. The standard InChI is InChI=1S/C27H26N2O4/c30-25(12-11-20-6-5-17-32-20)29-15-13-19(14-16-29)18-28-27(31)26-21-7-1-3-9-23(21)33-24-10-4-2-8-22(24)26/h1-12,17,19,26H,13-16,18H2,(H,28,31). The van der Waals surface area contributed by atoms with Crippen LogP contribution in [0.5, 0.6) is 11.5 Å². The second-order valence-electron chi connectivity index (χ2n) is 8.47. The van der Waals surface area contributed by atoms with Crippen molar-refractivity contribution in [1.29, 1.82) is 0 Å². The molecule has 3 aromatic rings. The summed E-state index contributed by atoms with van der Waals surface area (Å²) in [5, 5.41) is 3.17. The van der Waals surface area contributed by atoms with Crippen LogP contribution in [0.4, 0.5) is 0 Å². The number of furan rings is 1. The Morgan fingerprint density at radius 2 is 1.61 bits per heavy atom. The summed E-state index contributed by atoms with van der Waals surface area (Å²) in [6.07, 6.45) is 6.56. The highest BCUT2D eigenvalue weighted by Gasteiger charge is 2.32. The number of nitrogens with zero attached hydrogens (tertiary/aromatic N) is 1. The molecule has 0 spiro atoms. The van der Waals surface area contributed by atoms with E-state index in [9.17, 15) is 9.59 Å². The van der Waals surface area contributed by atoms with Gasteiger partial charge in [0.15, 0.2) is 0 Å². The van der Waals surface area contributed by atoms with Crippen LogP contribution in [0.2, 0.25) is 0 Å². The van der Waals surface area contributed by atoms with Gasteiger partial charge in [0, 0.05) is 36.8 Å². The minimum atomic E-state index is -0.389. The molecule has 5 rings (SSSR count). The molecular weight excluding hydrogens is 416 g/mol. The lowest BCUT2D eigenvalue weighted by Gasteiger charge is -2.32. The van der Waals surface area contributed by atoms with Crippen molar-refractivity contribution in [3.8, 4) is 11.5 Å². The molecule has 33 heavy (non-hydrogen) atoms. The number of hydrogen-bond donors (Lipinski definition) is 1. The largest absolute Gasteiger partial charge is 0.465 e. The molecule has 2 aliphatic heterocycles. The van der Waals surface area contributed by atoms with Crippen molar-refractivity contribution >= 4 is 17.9 Å². The number of amides is 2. The van der Waals surface area contributed by atoms with Crippen molar-refractivity contribution in [2.75, 3.05) is 19.6 Å². The zero-order valence-electron chi connectivity index (χ0n) is 18.3. The number of carbonyl (C=O) groups excluding carboxylic acids is 2. The molecule has 1 aromatic heterocycles. The SMILES string of the molecule is O=C(NCC1CCN(C(=O)C=Cc2ccco2)CC1)C1c2ccccc2Oc2ccccc21. The maximum Gasteiger partial charge on any atom is 0.246 e. The van der Waals surface area contributed by atoms with Gasteiger partial charge in [0.05, 0.1) is 12.2 Å². The van der Waals surface area contributed by atoms with E-state index in [1.165, 1.54) is 0 Å². The van der Waals surface area contributed by atoms with Gasteiger partial charge in [-0.2, -0.15) is 0 Å². The minimum absolute atomic E-state index is 0.00990. The smallest absolute Gasteiger partial charge is 0.246 e. The predicted molar refractivity (Wildman–Crippen MR) is 125 cm³/mol. The van der Waals surface area contributed by atoms with Crippen LogP contribution in [-0.4, -0.2) is 36.3 Å². The molecular formula is C27H26N2O4. The normalized spacial score (nSPS) is 16.2. The summed E-state index contributed by atoms with van der Waals surface area (Å²) in [6.45, 7) is 1.97. The van der Waals surface area contributed by atoms with E-state index in [-0.39, 0.29) is 17.7 Å². The van der Waals surface area contributed by atoms with Gasteiger partial charge < -0.3 is 19.4 Å². The molecule has 168 valence electrons. The van der Waals surface area contributed by atoms with Crippen LogP contribution in [0.25, 0.3) is 6.08 Å². The first-order chi connectivity index (χ1) is 16.2. The Hall–Kier alpha value is -3.80. The average molecular weight is 443 g/mol. The van der Waals surface area contributed by atoms with Crippen molar-refractivity contribution in [3.05, 3.63) is 89.9 Å². The monoisotopic (exact) mass is 442 g/mol. The molecule has 2 aromatic carbocycles. The minimum Gasteiger partial charge on any atom is -0.465 e. The first kappa shape index (κ1) is 21.1. The number of ether oxygens (including phenoxy) is 1. The summed E-state index contributed by atoms with van der Waals surface area (Å²) >= 11 is 0. The Morgan fingerprint density at radius 3 is 2.24 bits per heavy atom. The molecule has 1 saturated heterocycles. The number of para-hydroxylation sites is 2. The lowest BCUT2D eigenvalue weighted by Crippen LogP contribution is -2.42. The first-order valence-corrected chi connectivity index (χ1v) is 11.3. The van der Waals surface area contributed by atoms with Gasteiger partial charge in [-0.15, -0.1) is 0 Å². The Morgan fingerprint density at radius 1 is 0.939 bits per heavy atom. The van der Waals surface area contributed by atoms with Crippen LogP contribution in [0, 0.1) is 5.92 Å². The topological polar surface area (TPSA) is 71.8 Å². The number of piperidine rings is 1. The molecule has 6 nitrogen and oxygen atoms in total. The molecule has 0 atom stereocenters. The summed E-state index contributed by atoms with van der Waals surface area (Å²) in [4.78, 5) is 27.6. The number of likely N-dealkylation sites (tertiary alicyclic amines) is 1. The maximum absolute atomic E-state index is 13.3. The molecule has 0 saturated carbocycles. The highest BCUT2D eigenvalue weighted by Crippen LogP contribution is 2.43. The van der Waals surface area contributed by atoms with Crippen LogP contribution in [-0.2, 0) is 9.59 Å². The van der Waals surface area contributed by atoms with Gasteiger partial charge in [-0.1, -0.05) is 36.4 Å². The number of nitrogens with one attached hydrogen (secondary N) is 1. The van der Waals surface area contributed by atoms with Crippen LogP contribution in [0.15, 0.2) is 77.4 Å². The molecule has 0 radical (unpaired) electrons. The zero-order chi connectivity index (χ0) is 22.6. The molecule has 0 unspecified atom stereocenters. The van der Waals surface area contributed by atoms with Gasteiger partial charge in [0.2, 0.25) is 11.8 Å². The second-order valence-corrected chi connectivity index (χ2v) is 8.47. The Balaban J connectivity index is 1.18. The number of rotatable bonds is 5. The zero-order valence-corrected chi connectivity index (χ0v) is 18.3. The third-order valence-electron chi connectivity index (χ3n) is 6.37. The van der Waals surface area contributed by atoms with Gasteiger partial charge >= 0.3 is 0 Å². The van der Waals surface area contributed by atoms with Crippen molar-refractivity contribution in [3.63, 3.8) is 0 Å². The fourth-order valence-electron chi connectivity index (χ4n) is 4.54. The van der Waals surface area contributed by atoms with Crippen molar-refractivity contribution < 1.29 is 18.7 Å². The lowest BCUT2D eigenvalue weighted by atomic mass is 9.87. The lowest BCUT2D eigenvalue weighted by molar-refractivity contribution is -0.127. The molecule has 2 aliphatic rings. The number of hydrogen-bond acceptors (Lipinski definition) is 4. The third-order valence-corrected chi connectivity index (χ3v) is 6.37. The second kappa shape index (κ2) is 9.36. The van der Waals surface area contributed by atoms with E-state index in [0.717, 1.165) is 35.5 Å². The van der Waals surface area contributed by atoms with Crippen LogP contribution in [0.3, 0.4) is 0 Å². The van der Waals surface area contributed by atoms with Crippen LogP contribution < -0.4 is 10.1 Å². The molecule has 0 aliphatic carbocycles. The summed E-state index contributed by atoms with van der Waals surface area (Å²) in [5.41, 5.74) is 1.77. The fraction of sp³-hybridized carbons (Fsp3) is 0.259. The van der Waals surface area contributed by atoms with E-state index in [1.54, 1.807) is 24.5 Å². The van der Waals surface area contributed by atoms with Gasteiger partial charge in [-0.05, 0) is 49.1 Å². The highest BCUT2D eigenvalue weighted by atomic mass is 16.5. The van der Waals surface area contributed by atoms with Gasteiger partial charge in [-0.25, -0.2) is 0 Å². The maximum atomic E-state index is 13.3. The molecule has 1 fully saturated rings. The van der Waals surface area contributed by atoms with Crippen LogP contribution in [0.1, 0.15) is 35.6 Å². The average Bonchev–Trinajstić information content (AvgIpc) is 3.38. The number of benzene rings is 2. The summed E-state index contributed by atoms with van der Waals surface area (Å²) < 4.78 is 11.2. The van der Waals surface area contributed by atoms with E-state index in [2.05, 4.69) is 5.32 Å². The molecule has 6 heteroatoms. The number of fused-ring (bicyclic) bond motifs is 2. The van der Waals surface area contributed by atoms with Crippen molar-refractivity contribution in [2.24, 2.45) is 5.92 Å². The van der Waals surface area contributed by atoms with Gasteiger partial charge in [0.25, 0.3) is 0 Å². The van der Waals surface area contributed by atoms with Crippen molar-refractivity contribution in [1.82, 2.24) is 10.2 Å². The molecule has 1 N–H and O–H groups in total. The highest BCUT2D eigenvalue weighted by molar-refractivity contribution is 5.91. The Kier molecular flexibility index (Phi) is 5.98. The van der Waals surface area contributed by atoms with Crippen molar-refractivity contribution in [2.45, 2.75) is 18.8 Å². The first-order valence-electron chi connectivity index (χ1n) is 11.3. The van der Waals surface area contributed by atoms with E-state index >= 15 is 0 Å². The predicted octanol–water partition coefficient (Wildman–Crippen LogP) is 4.59. The quantitative estimate of drug-likeness (QED) is 0.587. The molecule has 0 bridgehead atoms. The Labute approximate surface area is 192 Å². The fourth-order valence-corrected chi connectivity index (χ4v) is 4.54. The summed E-state index contributed by atoms with van der Waals surface area (Å²) in [6, 6.07) is 19.0. The van der Waals surface area contributed by atoms with Crippen LogP contribution >= 0.6 is 0 Å². The molecule has 2 amide bonds. The van der Waals surface area contributed by atoms with E-state index < -0.39 is 0 Å². The Bertz CT molecular complexity index is 1110. The third kappa shape index (κ3) is 4.55. The van der Waals surface area contributed by atoms with E-state index in [0.29, 0.717) is 31.3 Å². The van der Waals surface area contributed by atoms with Gasteiger partial charge in [0.1, 0.15) is 17.3 Å². The summed E-state index contributed by atoms with van der Waals surface area (Å²) in [5.74, 6) is 2.05. The van der Waals surface area contributed by atoms with E-state index in [1.807, 2.05) is 59.5 Å². The van der Waals surface area contributed by atoms with Gasteiger partial charge in [-0.3, -0.25) is 9.59 Å². The van der Waals surface area contributed by atoms with E-state index in [4.69, 9.17) is 9.15 Å².